The molecule has 0 bridgehead atoms. The molecule has 4 aromatic rings. The molecule has 9 nitrogen and oxygen atoms in total. The van der Waals surface area contributed by atoms with Crippen LogP contribution in [0.5, 0.6) is 0 Å². The highest BCUT2D eigenvalue weighted by Gasteiger charge is 2.22. The number of nitrogens with two attached hydrogens (primary N) is 1. The summed E-state index contributed by atoms with van der Waals surface area (Å²) in [4.78, 5) is 29.3. The summed E-state index contributed by atoms with van der Waals surface area (Å²) in [5.41, 5.74) is 2.29. The second kappa shape index (κ2) is 8.95. The Kier molecular flexibility index (Phi) is 6.31. The van der Waals surface area contributed by atoms with E-state index in [4.69, 9.17) is 21.2 Å². The van der Waals surface area contributed by atoms with Gasteiger partial charge in [-0.1, -0.05) is 17.7 Å². The highest BCUT2D eigenvalue weighted by molar-refractivity contribution is 7.89. The summed E-state index contributed by atoms with van der Waals surface area (Å²) in [6.45, 7) is 5.28. The number of anilines is 1. The molecule has 182 valence electrons. The van der Waals surface area contributed by atoms with E-state index in [1.165, 1.54) is 22.8 Å². The van der Waals surface area contributed by atoms with E-state index in [0.717, 1.165) is 5.56 Å². The number of fused-ring (bicyclic) bond motifs is 1. The third-order valence-electron chi connectivity index (χ3n) is 5.69. The van der Waals surface area contributed by atoms with Crippen molar-refractivity contribution >= 4 is 38.3 Å². The Morgan fingerprint density at radius 2 is 1.86 bits per heavy atom. The van der Waals surface area contributed by atoms with Gasteiger partial charge in [0, 0.05) is 36.0 Å². The topological polar surface area (TPSA) is 137 Å². The fraction of sp³-hybridized carbons (Fsp3) is 0.208. The minimum atomic E-state index is -4.16. The molecule has 3 aromatic heterocycles. The quantitative estimate of drug-likeness (QED) is 0.388. The summed E-state index contributed by atoms with van der Waals surface area (Å²) in [5, 5.41) is 8.38. The van der Waals surface area contributed by atoms with Crippen LogP contribution in [0.25, 0.3) is 22.3 Å². The van der Waals surface area contributed by atoms with Crippen LogP contribution in [0.4, 0.5) is 5.69 Å². The van der Waals surface area contributed by atoms with E-state index < -0.39 is 21.1 Å². The van der Waals surface area contributed by atoms with Gasteiger partial charge in [-0.2, -0.15) is 0 Å². The Morgan fingerprint density at radius 3 is 2.51 bits per heavy atom. The first-order valence-electron chi connectivity index (χ1n) is 10.6. The van der Waals surface area contributed by atoms with Crippen molar-refractivity contribution in [3.63, 3.8) is 0 Å². The van der Waals surface area contributed by atoms with Gasteiger partial charge in [-0.05, 0) is 50.6 Å². The molecule has 0 radical (unpaired) electrons. The minimum Gasteiger partial charge on any atom is -0.455 e. The van der Waals surface area contributed by atoms with Gasteiger partial charge in [-0.25, -0.2) is 18.5 Å². The lowest BCUT2D eigenvalue weighted by Gasteiger charge is -2.20. The number of halogens is 1. The third kappa shape index (κ3) is 4.72. The minimum absolute atomic E-state index is 0.0200. The molecule has 0 fully saturated rings. The number of pyridine rings is 2. The molecular formula is C24H23ClN4O5S. The number of rotatable bonds is 5. The Hall–Kier alpha value is -3.47. The average molecular weight is 515 g/mol. The largest absolute Gasteiger partial charge is 0.455 e. The van der Waals surface area contributed by atoms with Crippen LogP contribution in [-0.2, 0) is 17.1 Å². The van der Waals surface area contributed by atoms with Crippen LogP contribution in [0.15, 0.2) is 61.6 Å². The lowest BCUT2D eigenvalue weighted by atomic mass is 9.99. The van der Waals surface area contributed by atoms with Crippen LogP contribution in [0.3, 0.4) is 0 Å². The van der Waals surface area contributed by atoms with Crippen LogP contribution in [0.1, 0.15) is 29.7 Å². The van der Waals surface area contributed by atoms with Gasteiger partial charge in [0.15, 0.2) is 10.5 Å². The molecule has 1 atom stereocenters. The molecule has 3 N–H and O–H groups in total. The van der Waals surface area contributed by atoms with Crippen LogP contribution in [0, 0.1) is 13.8 Å². The van der Waals surface area contributed by atoms with Crippen molar-refractivity contribution in [1.82, 2.24) is 9.55 Å². The normalized spacial score (nSPS) is 12.6. The van der Waals surface area contributed by atoms with Gasteiger partial charge in [0.05, 0.1) is 17.1 Å². The number of sulfonamides is 1. The Labute approximate surface area is 206 Å². The van der Waals surface area contributed by atoms with Gasteiger partial charge < -0.3 is 14.3 Å². The van der Waals surface area contributed by atoms with Gasteiger partial charge in [0.1, 0.15) is 16.5 Å². The molecule has 0 saturated heterocycles. The number of nitrogens with one attached hydrogen (secondary N) is 1. The summed E-state index contributed by atoms with van der Waals surface area (Å²) in [5.74, 6) is 0.288. The van der Waals surface area contributed by atoms with Crippen molar-refractivity contribution in [2.75, 3.05) is 5.32 Å². The maximum Gasteiger partial charge on any atom is 0.257 e. The van der Waals surface area contributed by atoms with E-state index in [1.54, 1.807) is 39.2 Å². The molecule has 0 unspecified atom stereocenters. The van der Waals surface area contributed by atoms with Crippen LogP contribution >= 0.6 is 11.6 Å². The number of nitrogens with zero attached hydrogens (tertiary/aromatic N) is 2. The Balaban J connectivity index is 1.91. The highest BCUT2D eigenvalue weighted by atomic mass is 35.5. The standard InChI is InChI=1S/C24H23ClN4O5S/c1-12-9-16(14(3)27-18-5-6-19(25)28-24(18)35(26,32)33)23-17(10-12)21(31)13(2)22(34-23)15-7-8-29(4)20(30)11-15/h5-11,14,27H,1-4H3,(H2,26,32,33)/t14-/m1/s1. The molecule has 0 amide bonds. The van der Waals surface area contributed by atoms with Crippen molar-refractivity contribution in [3.05, 3.63) is 85.0 Å². The lowest BCUT2D eigenvalue weighted by molar-refractivity contribution is 0.594. The molecule has 0 aliphatic carbocycles. The van der Waals surface area contributed by atoms with Gasteiger partial charge in [0.25, 0.3) is 15.6 Å². The average Bonchev–Trinajstić information content (AvgIpc) is 2.78. The van der Waals surface area contributed by atoms with Crippen molar-refractivity contribution in [2.24, 2.45) is 12.2 Å². The van der Waals surface area contributed by atoms with Crippen LogP contribution in [-0.4, -0.2) is 18.0 Å². The first-order chi connectivity index (χ1) is 16.4. The number of aromatic nitrogens is 2. The highest BCUT2D eigenvalue weighted by Crippen LogP contribution is 2.33. The SMILES string of the molecule is Cc1cc([C@@H](C)Nc2ccc(Cl)nc2S(N)(=O)=O)c2oc(-c3ccn(C)c(=O)c3)c(C)c(=O)c2c1. The molecule has 0 saturated carbocycles. The zero-order valence-corrected chi connectivity index (χ0v) is 21.0. The van der Waals surface area contributed by atoms with Crippen molar-refractivity contribution in [2.45, 2.75) is 31.8 Å². The number of aryl methyl sites for hydroxylation is 2. The molecular weight excluding hydrogens is 492 g/mol. The Morgan fingerprint density at radius 1 is 1.14 bits per heavy atom. The molecule has 35 heavy (non-hydrogen) atoms. The maximum atomic E-state index is 13.3. The fourth-order valence-electron chi connectivity index (χ4n) is 3.91. The molecule has 1 aromatic carbocycles. The van der Waals surface area contributed by atoms with Crippen LogP contribution < -0.4 is 21.4 Å². The van der Waals surface area contributed by atoms with Gasteiger partial charge in [0.2, 0.25) is 0 Å². The van der Waals surface area contributed by atoms with Gasteiger partial charge >= 0.3 is 0 Å². The summed E-state index contributed by atoms with van der Waals surface area (Å²) in [7, 11) is -2.53. The lowest BCUT2D eigenvalue weighted by Crippen LogP contribution is -2.19. The van der Waals surface area contributed by atoms with Crippen molar-refractivity contribution in [1.29, 1.82) is 0 Å². The Bertz CT molecular complexity index is 1710. The van der Waals surface area contributed by atoms with Gasteiger partial charge in [-0.3, -0.25) is 9.59 Å². The molecule has 11 heteroatoms. The van der Waals surface area contributed by atoms with E-state index in [-0.39, 0.29) is 27.6 Å². The van der Waals surface area contributed by atoms with E-state index in [1.807, 2.05) is 13.0 Å². The molecule has 4 rings (SSSR count). The van der Waals surface area contributed by atoms with Crippen molar-refractivity contribution in [3.8, 4) is 11.3 Å². The molecule has 0 aliphatic heterocycles. The van der Waals surface area contributed by atoms with E-state index in [9.17, 15) is 18.0 Å². The second-order valence-corrected chi connectivity index (χ2v) is 10.2. The number of hydrogen-bond donors (Lipinski definition) is 2. The van der Waals surface area contributed by atoms with Gasteiger partial charge in [-0.15, -0.1) is 0 Å². The summed E-state index contributed by atoms with van der Waals surface area (Å²) in [6, 6.07) is 9.06. The zero-order chi connectivity index (χ0) is 25.7. The predicted molar refractivity (Wildman–Crippen MR) is 135 cm³/mol. The summed E-state index contributed by atoms with van der Waals surface area (Å²) >= 11 is 5.87. The fourth-order valence-corrected chi connectivity index (χ4v) is 4.77. The predicted octanol–water partition coefficient (Wildman–Crippen LogP) is 3.64. The van der Waals surface area contributed by atoms with Crippen molar-refractivity contribution < 1.29 is 12.8 Å². The first-order valence-corrected chi connectivity index (χ1v) is 12.5. The second-order valence-electron chi connectivity index (χ2n) is 8.38. The molecule has 0 spiro atoms. The maximum absolute atomic E-state index is 13.3. The van der Waals surface area contributed by atoms with E-state index in [2.05, 4.69) is 10.3 Å². The molecule has 0 aliphatic rings. The van der Waals surface area contributed by atoms with E-state index >= 15 is 0 Å². The number of primary sulfonamides is 1. The monoisotopic (exact) mass is 514 g/mol. The summed E-state index contributed by atoms with van der Waals surface area (Å²) < 4.78 is 31.8. The van der Waals surface area contributed by atoms with E-state index in [0.29, 0.717) is 27.7 Å². The smallest absolute Gasteiger partial charge is 0.257 e. The summed E-state index contributed by atoms with van der Waals surface area (Å²) in [6.07, 6.45) is 1.60. The molecule has 3 heterocycles. The van der Waals surface area contributed by atoms with Crippen LogP contribution in [0.2, 0.25) is 5.15 Å². The third-order valence-corrected chi connectivity index (χ3v) is 6.75. The zero-order valence-electron chi connectivity index (χ0n) is 19.4. The first kappa shape index (κ1) is 24.6. The number of benzene rings is 1. The number of hydrogen-bond acceptors (Lipinski definition) is 7.